The van der Waals surface area contributed by atoms with Crippen LogP contribution >= 0.6 is 0 Å². The number of amides is 1. The van der Waals surface area contributed by atoms with Gasteiger partial charge >= 0.3 is 0 Å². The fraction of sp³-hybridized carbons (Fsp3) is 0.435. The van der Waals surface area contributed by atoms with Gasteiger partial charge in [-0.3, -0.25) is 4.79 Å². The lowest BCUT2D eigenvalue weighted by Gasteiger charge is -2.38. The minimum Gasteiger partial charge on any atom is -0.487 e. The Morgan fingerprint density at radius 3 is 2.44 bits per heavy atom. The molecule has 0 fully saturated rings. The quantitative estimate of drug-likeness (QED) is 0.844. The van der Waals surface area contributed by atoms with Gasteiger partial charge in [0, 0.05) is 12.0 Å². The third-order valence-electron chi connectivity index (χ3n) is 4.82. The van der Waals surface area contributed by atoms with Crippen LogP contribution < -0.4 is 14.8 Å². The molecule has 1 amide bonds. The number of aryl methyl sites for hydroxylation is 3. The van der Waals surface area contributed by atoms with Crippen LogP contribution in [0.15, 0.2) is 36.4 Å². The van der Waals surface area contributed by atoms with E-state index >= 15 is 0 Å². The summed E-state index contributed by atoms with van der Waals surface area (Å²) in [6, 6.07) is 12.0. The van der Waals surface area contributed by atoms with Crippen LogP contribution in [0.2, 0.25) is 0 Å². The van der Waals surface area contributed by atoms with Gasteiger partial charge in [-0.2, -0.15) is 0 Å². The van der Waals surface area contributed by atoms with Gasteiger partial charge in [-0.25, -0.2) is 0 Å². The van der Waals surface area contributed by atoms with Crippen molar-refractivity contribution >= 4 is 5.91 Å². The Morgan fingerprint density at radius 2 is 1.78 bits per heavy atom. The third-order valence-corrected chi connectivity index (χ3v) is 4.82. The zero-order chi connectivity index (χ0) is 19.8. The maximum absolute atomic E-state index is 12.8. The topological polar surface area (TPSA) is 47.6 Å². The molecule has 0 aliphatic carbocycles. The van der Waals surface area contributed by atoms with Crippen LogP contribution in [0.3, 0.4) is 0 Å². The van der Waals surface area contributed by atoms with Crippen molar-refractivity contribution in [3.8, 4) is 11.5 Å². The second-order valence-electron chi connectivity index (χ2n) is 8.25. The molecule has 0 bridgehead atoms. The molecular weight excluding hydrogens is 338 g/mol. The van der Waals surface area contributed by atoms with Gasteiger partial charge in [-0.1, -0.05) is 23.8 Å². The molecule has 4 heteroatoms. The fourth-order valence-corrected chi connectivity index (χ4v) is 3.65. The average Bonchev–Trinajstić information content (AvgIpc) is 2.53. The molecule has 27 heavy (non-hydrogen) atoms. The molecule has 0 aromatic heterocycles. The molecule has 1 N–H and O–H groups in total. The first-order chi connectivity index (χ1) is 12.6. The van der Waals surface area contributed by atoms with E-state index in [1.807, 2.05) is 58.9 Å². The van der Waals surface area contributed by atoms with E-state index in [1.54, 1.807) is 6.92 Å². The van der Waals surface area contributed by atoms with Crippen LogP contribution in [0.5, 0.6) is 11.5 Å². The maximum Gasteiger partial charge on any atom is 0.261 e. The Balaban J connectivity index is 1.76. The van der Waals surface area contributed by atoms with Gasteiger partial charge in [0.25, 0.3) is 5.91 Å². The lowest BCUT2D eigenvalue weighted by molar-refractivity contribution is -0.128. The monoisotopic (exact) mass is 367 g/mol. The maximum atomic E-state index is 12.8. The second kappa shape index (κ2) is 7.26. The van der Waals surface area contributed by atoms with Crippen molar-refractivity contribution in [1.29, 1.82) is 0 Å². The van der Waals surface area contributed by atoms with Gasteiger partial charge in [0.05, 0.1) is 6.04 Å². The number of benzene rings is 2. The number of hydrogen-bond donors (Lipinski definition) is 1. The highest BCUT2D eigenvalue weighted by Gasteiger charge is 2.35. The first kappa shape index (κ1) is 19.3. The molecule has 0 saturated carbocycles. The first-order valence-corrected chi connectivity index (χ1v) is 9.48. The zero-order valence-corrected chi connectivity index (χ0v) is 17.1. The Hall–Kier alpha value is -2.49. The summed E-state index contributed by atoms with van der Waals surface area (Å²) in [5.41, 5.74) is 4.08. The molecule has 2 aromatic carbocycles. The number of carbonyl (C=O) groups excluding carboxylic acids is 1. The van der Waals surface area contributed by atoms with E-state index in [1.165, 1.54) is 0 Å². The van der Waals surface area contributed by atoms with Gasteiger partial charge < -0.3 is 14.8 Å². The predicted molar refractivity (Wildman–Crippen MR) is 107 cm³/mol. The van der Waals surface area contributed by atoms with Crippen LogP contribution in [0, 0.1) is 20.8 Å². The normalized spacial score (nSPS) is 18.8. The first-order valence-electron chi connectivity index (χ1n) is 9.48. The molecule has 2 unspecified atom stereocenters. The molecular formula is C23H29NO3. The van der Waals surface area contributed by atoms with Crippen molar-refractivity contribution in [2.75, 3.05) is 0 Å². The summed E-state index contributed by atoms with van der Waals surface area (Å²) in [4.78, 5) is 12.8. The minimum absolute atomic E-state index is 0.0959. The van der Waals surface area contributed by atoms with Crippen molar-refractivity contribution in [3.05, 3.63) is 58.7 Å². The summed E-state index contributed by atoms with van der Waals surface area (Å²) < 4.78 is 12.0. The van der Waals surface area contributed by atoms with Crippen LogP contribution in [-0.2, 0) is 4.79 Å². The van der Waals surface area contributed by atoms with E-state index in [9.17, 15) is 4.79 Å². The van der Waals surface area contributed by atoms with Crippen molar-refractivity contribution in [2.24, 2.45) is 0 Å². The number of carbonyl (C=O) groups is 1. The number of rotatable bonds is 4. The van der Waals surface area contributed by atoms with Crippen molar-refractivity contribution in [1.82, 2.24) is 5.32 Å². The lowest BCUT2D eigenvalue weighted by Crippen LogP contribution is -2.44. The fourth-order valence-electron chi connectivity index (χ4n) is 3.65. The van der Waals surface area contributed by atoms with Crippen molar-refractivity contribution < 1.29 is 14.3 Å². The Bertz CT molecular complexity index is 836. The van der Waals surface area contributed by atoms with Crippen LogP contribution in [-0.4, -0.2) is 17.6 Å². The number of nitrogens with one attached hydrogen (secondary N) is 1. The SMILES string of the molecule is Cc1cc(C)cc(OC(C)C(=O)NC2CC(C)(C)Oc3ccc(C)cc32)c1. The van der Waals surface area contributed by atoms with Gasteiger partial charge in [0.15, 0.2) is 6.10 Å². The molecule has 2 atom stereocenters. The number of ether oxygens (including phenoxy) is 2. The highest BCUT2D eigenvalue weighted by molar-refractivity contribution is 5.81. The molecule has 0 radical (unpaired) electrons. The molecule has 2 aromatic rings. The predicted octanol–water partition coefficient (Wildman–Crippen LogP) is 4.80. The van der Waals surface area contributed by atoms with Crippen LogP contribution in [0.4, 0.5) is 0 Å². The zero-order valence-electron chi connectivity index (χ0n) is 17.1. The minimum atomic E-state index is -0.578. The van der Waals surface area contributed by atoms with Crippen LogP contribution in [0.25, 0.3) is 0 Å². The Morgan fingerprint density at radius 1 is 1.11 bits per heavy atom. The van der Waals surface area contributed by atoms with Gasteiger partial charge in [-0.15, -0.1) is 0 Å². The number of hydrogen-bond acceptors (Lipinski definition) is 3. The molecule has 1 aliphatic rings. The molecule has 144 valence electrons. The van der Waals surface area contributed by atoms with Gasteiger partial charge in [0.1, 0.15) is 17.1 Å². The lowest BCUT2D eigenvalue weighted by atomic mass is 9.89. The summed E-state index contributed by atoms with van der Waals surface area (Å²) in [5, 5.41) is 3.16. The summed E-state index contributed by atoms with van der Waals surface area (Å²) in [7, 11) is 0. The molecule has 1 heterocycles. The third kappa shape index (κ3) is 4.62. The molecule has 0 spiro atoms. The Labute approximate surface area is 161 Å². The van der Waals surface area contributed by atoms with Crippen molar-refractivity contribution in [2.45, 2.75) is 65.7 Å². The largest absolute Gasteiger partial charge is 0.487 e. The second-order valence-corrected chi connectivity index (χ2v) is 8.25. The van der Waals surface area contributed by atoms with Crippen molar-refractivity contribution in [3.63, 3.8) is 0 Å². The van der Waals surface area contributed by atoms with E-state index in [-0.39, 0.29) is 17.6 Å². The molecule has 4 nitrogen and oxygen atoms in total. The highest BCUT2D eigenvalue weighted by atomic mass is 16.5. The summed E-state index contributed by atoms with van der Waals surface area (Å²) in [6.07, 6.45) is 0.135. The smallest absolute Gasteiger partial charge is 0.261 e. The summed E-state index contributed by atoms with van der Waals surface area (Å²) >= 11 is 0. The van der Waals surface area contributed by atoms with Crippen LogP contribution in [0.1, 0.15) is 55.5 Å². The Kier molecular flexibility index (Phi) is 5.18. The van der Waals surface area contributed by atoms with Gasteiger partial charge in [0.2, 0.25) is 0 Å². The van der Waals surface area contributed by atoms with E-state index in [4.69, 9.17) is 9.47 Å². The van der Waals surface area contributed by atoms with E-state index in [2.05, 4.69) is 17.4 Å². The molecule has 0 saturated heterocycles. The average molecular weight is 367 g/mol. The molecule has 1 aliphatic heterocycles. The summed E-state index contributed by atoms with van der Waals surface area (Å²) in [6.45, 7) is 12.0. The van der Waals surface area contributed by atoms with Gasteiger partial charge in [-0.05, 0) is 70.9 Å². The standard InChI is InChI=1S/C23H29NO3/c1-14-7-8-21-19(12-14)20(13-23(5,6)27-21)24-22(25)17(4)26-18-10-15(2)9-16(3)11-18/h7-12,17,20H,13H2,1-6H3,(H,24,25). The van der Waals surface area contributed by atoms with E-state index in [0.29, 0.717) is 6.42 Å². The molecule has 3 rings (SSSR count). The van der Waals surface area contributed by atoms with E-state index in [0.717, 1.165) is 33.8 Å². The summed E-state index contributed by atoms with van der Waals surface area (Å²) in [5.74, 6) is 1.44. The highest BCUT2D eigenvalue weighted by Crippen LogP contribution is 2.39. The number of fused-ring (bicyclic) bond motifs is 1. The van der Waals surface area contributed by atoms with E-state index < -0.39 is 6.10 Å².